The molecule has 22 heavy (non-hydrogen) atoms. The lowest BCUT2D eigenvalue weighted by Crippen LogP contribution is -2.38. The number of hydrogen-bond donors (Lipinski definition) is 1. The molecule has 1 saturated heterocycles. The van der Waals surface area contributed by atoms with E-state index in [1.54, 1.807) is 6.92 Å². The number of alkyl halides is 3. The summed E-state index contributed by atoms with van der Waals surface area (Å²) >= 11 is 1.15. The van der Waals surface area contributed by atoms with E-state index in [2.05, 4.69) is 5.32 Å². The average molecular weight is 332 g/mol. The molecule has 2 rings (SSSR count). The number of rotatable bonds is 4. The standard InChI is InChI=1S/C14H15F3N2O2S/c1-9(10-3-2-4-11(7-10)14(15,16)17)18-12(20)8-19-5-6-22-13(19)21/h2-4,7,9H,5-6,8H2,1H3,(H,18,20)/t9-/m0/s1. The second-order valence-electron chi connectivity index (χ2n) is 4.95. The van der Waals surface area contributed by atoms with E-state index < -0.39 is 17.8 Å². The van der Waals surface area contributed by atoms with Crippen molar-refractivity contribution in [3.63, 3.8) is 0 Å². The quantitative estimate of drug-likeness (QED) is 0.922. The Labute approximate surface area is 130 Å². The number of hydrogen-bond acceptors (Lipinski definition) is 3. The molecule has 1 aromatic rings. The topological polar surface area (TPSA) is 49.4 Å². The summed E-state index contributed by atoms with van der Waals surface area (Å²) in [6.07, 6.45) is -4.42. The van der Waals surface area contributed by atoms with Crippen LogP contribution >= 0.6 is 11.8 Å². The molecule has 120 valence electrons. The largest absolute Gasteiger partial charge is 0.416 e. The maximum atomic E-state index is 12.7. The van der Waals surface area contributed by atoms with Gasteiger partial charge in [0.2, 0.25) is 5.91 Å². The van der Waals surface area contributed by atoms with E-state index in [0.717, 1.165) is 23.9 Å². The number of nitrogens with zero attached hydrogens (tertiary/aromatic N) is 1. The summed E-state index contributed by atoms with van der Waals surface area (Å²) < 4.78 is 38.0. The second kappa shape index (κ2) is 6.60. The predicted octanol–water partition coefficient (Wildman–Crippen LogP) is 3.05. The van der Waals surface area contributed by atoms with Gasteiger partial charge < -0.3 is 10.2 Å². The molecule has 8 heteroatoms. The van der Waals surface area contributed by atoms with Gasteiger partial charge in [0, 0.05) is 12.3 Å². The first-order chi connectivity index (χ1) is 10.3. The Balaban J connectivity index is 1.98. The van der Waals surface area contributed by atoms with Crippen molar-refractivity contribution in [1.82, 2.24) is 10.2 Å². The normalized spacial score (nSPS) is 16.7. The van der Waals surface area contributed by atoms with Gasteiger partial charge in [0.25, 0.3) is 5.24 Å². The summed E-state index contributed by atoms with van der Waals surface area (Å²) in [5.41, 5.74) is -0.387. The highest BCUT2D eigenvalue weighted by Gasteiger charge is 2.31. The van der Waals surface area contributed by atoms with E-state index in [4.69, 9.17) is 0 Å². The van der Waals surface area contributed by atoms with Crippen LogP contribution in [0.2, 0.25) is 0 Å². The van der Waals surface area contributed by atoms with Crippen LogP contribution in [0.15, 0.2) is 24.3 Å². The number of nitrogens with one attached hydrogen (secondary N) is 1. The van der Waals surface area contributed by atoms with E-state index in [1.165, 1.54) is 17.0 Å². The van der Waals surface area contributed by atoms with Gasteiger partial charge in [-0.2, -0.15) is 13.2 Å². The molecule has 0 bridgehead atoms. The van der Waals surface area contributed by atoms with Crippen molar-refractivity contribution >= 4 is 22.9 Å². The monoisotopic (exact) mass is 332 g/mol. The fourth-order valence-corrected chi connectivity index (χ4v) is 2.92. The molecule has 1 aromatic carbocycles. The van der Waals surface area contributed by atoms with Gasteiger partial charge in [-0.25, -0.2) is 0 Å². The Hall–Kier alpha value is -1.70. The van der Waals surface area contributed by atoms with E-state index in [-0.39, 0.29) is 17.7 Å². The van der Waals surface area contributed by atoms with Crippen molar-refractivity contribution in [1.29, 1.82) is 0 Å². The van der Waals surface area contributed by atoms with Gasteiger partial charge in [0.1, 0.15) is 6.54 Å². The molecule has 1 N–H and O–H groups in total. The molecule has 1 fully saturated rings. The Kier molecular flexibility index (Phi) is 5.00. The van der Waals surface area contributed by atoms with Crippen molar-refractivity contribution in [2.75, 3.05) is 18.8 Å². The molecular formula is C14H15F3N2O2S. The maximum absolute atomic E-state index is 12.7. The molecule has 0 spiro atoms. The highest BCUT2D eigenvalue weighted by atomic mass is 32.2. The number of carbonyl (C=O) groups excluding carboxylic acids is 2. The van der Waals surface area contributed by atoms with Crippen LogP contribution in [0.25, 0.3) is 0 Å². The van der Waals surface area contributed by atoms with Crippen LogP contribution in [-0.2, 0) is 11.0 Å². The van der Waals surface area contributed by atoms with Crippen LogP contribution in [0.1, 0.15) is 24.1 Å². The Morgan fingerprint density at radius 1 is 1.45 bits per heavy atom. The number of carbonyl (C=O) groups is 2. The highest BCUT2D eigenvalue weighted by molar-refractivity contribution is 8.13. The van der Waals surface area contributed by atoms with Gasteiger partial charge >= 0.3 is 6.18 Å². The van der Waals surface area contributed by atoms with Crippen LogP contribution in [-0.4, -0.2) is 34.9 Å². The zero-order valence-electron chi connectivity index (χ0n) is 11.8. The summed E-state index contributed by atoms with van der Waals surface area (Å²) in [5, 5.41) is 2.46. The minimum atomic E-state index is -4.42. The van der Waals surface area contributed by atoms with E-state index >= 15 is 0 Å². The lowest BCUT2D eigenvalue weighted by Gasteiger charge is -2.19. The Bertz CT molecular complexity index is 577. The van der Waals surface area contributed by atoms with Gasteiger partial charge in [-0.15, -0.1) is 0 Å². The molecule has 0 aliphatic carbocycles. The molecule has 1 aliphatic rings. The Morgan fingerprint density at radius 2 is 2.18 bits per heavy atom. The van der Waals surface area contributed by atoms with Gasteiger partial charge in [0.15, 0.2) is 0 Å². The zero-order valence-corrected chi connectivity index (χ0v) is 12.6. The van der Waals surface area contributed by atoms with E-state index in [9.17, 15) is 22.8 Å². The third kappa shape index (κ3) is 4.16. The second-order valence-corrected chi connectivity index (χ2v) is 5.99. The molecule has 1 aliphatic heterocycles. The molecule has 0 aromatic heterocycles. The molecule has 0 radical (unpaired) electrons. The molecule has 2 amide bonds. The lowest BCUT2D eigenvalue weighted by atomic mass is 10.0. The van der Waals surface area contributed by atoms with Crippen LogP contribution in [0.5, 0.6) is 0 Å². The molecule has 1 atom stereocenters. The minimum absolute atomic E-state index is 0.0743. The summed E-state index contributed by atoms with van der Waals surface area (Å²) in [4.78, 5) is 24.7. The fourth-order valence-electron chi connectivity index (χ4n) is 2.10. The zero-order chi connectivity index (χ0) is 16.3. The third-order valence-corrected chi connectivity index (χ3v) is 4.16. The van der Waals surface area contributed by atoms with Gasteiger partial charge in [-0.3, -0.25) is 9.59 Å². The summed E-state index contributed by atoms with van der Waals surface area (Å²) in [6, 6.07) is 4.26. The molecule has 0 saturated carbocycles. The number of halogens is 3. The van der Waals surface area contributed by atoms with Crippen molar-refractivity contribution in [2.45, 2.75) is 19.1 Å². The van der Waals surface area contributed by atoms with E-state index in [0.29, 0.717) is 17.9 Å². The summed E-state index contributed by atoms with van der Waals surface area (Å²) in [6.45, 7) is 2.04. The maximum Gasteiger partial charge on any atom is 0.416 e. The Morgan fingerprint density at radius 3 is 2.77 bits per heavy atom. The third-order valence-electron chi connectivity index (χ3n) is 3.27. The number of thioether (sulfide) groups is 1. The van der Waals surface area contributed by atoms with Crippen LogP contribution in [0.3, 0.4) is 0 Å². The van der Waals surface area contributed by atoms with E-state index in [1.807, 2.05) is 0 Å². The molecular weight excluding hydrogens is 317 g/mol. The molecule has 1 heterocycles. The number of benzene rings is 1. The first-order valence-electron chi connectivity index (χ1n) is 6.65. The average Bonchev–Trinajstić information content (AvgIpc) is 2.83. The number of amides is 2. The lowest BCUT2D eigenvalue weighted by molar-refractivity contribution is -0.137. The van der Waals surface area contributed by atoms with Crippen molar-refractivity contribution in [2.24, 2.45) is 0 Å². The fraction of sp³-hybridized carbons (Fsp3) is 0.429. The van der Waals surface area contributed by atoms with Gasteiger partial charge in [-0.05, 0) is 24.6 Å². The highest BCUT2D eigenvalue weighted by Crippen LogP contribution is 2.30. The van der Waals surface area contributed by atoms with Gasteiger partial charge in [0.05, 0.1) is 11.6 Å². The smallest absolute Gasteiger partial charge is 0.348 e. The minimum Gasteiger partial charge on any atom is -0.348 e. The van der Waals surface area contributed by atoms with Crippen molar-refractivity contribution in [3.05, 3.63) is 35.4 Å². The van der Waals surface area contributed by atoms with Crippen LogP contribution in [0.4, 0.5) is 18.0 Å². The SMILES string of the molecule is C[C@H](NC(=O)CN1CCSC1=O)c1cccc(C(F)(F)F)c1. The first kappa shape index (κ1) is 16.7. The van der Waals surface area contributed by atoms with Crippen molar-refractivity contribution in [3.8, 4) is 0 Å². The van der Waals surface area contributed by atoms with Crippen LogP contribution < -0.4 is 5.32 Å². The predicted molar refractivity (Wildman–Crippen MR) is 77.4 cm³/mol. The molecule has 0 unspecified atom stereocenters. The van der Waals surface area contributed by atoms with Crippen molar-refractivity contribution < 1.29 is 22.8 Å². The van der Waals surface area contributed by atoms with Crippen LogP contribution in [0, 0.1) is 0 Å². The first-order valence-corrected chi connectivity index (χ1v) is 7.64. The van der Waals surface area contributed by atoms with Gasteiger partial charge in [-0.1, -0.05) is 23.9 Å². The molecule has 4 nitrogen and oxygen atoms in total. The summed E-state index contributed by atoms with van der Waals surface area (Å²) in [5.74, 6) is 0.260. The summed E-state index contributed by atoms with van der Waals surface area (Å²) in [7, 11) is 0.